The van der Waals surface area contributed by atoms with E-state index in [1.807, 2.05) is 11.3 Å². The number of thiophene rings is 1. The van der Waals surface area contributed by atoms with E-state index in [0.717, 1.165) is 13.0 Å². The standard InChI is InChI=1S/C15H19NS/c1-11(2)15-12-7-5-6-8-13(12)17-14(15)9-10-16(3)4/h5-8H,1,9-10H2,2-4H3. The second-order valence-electron chi connectivity index (χ2n) is 4.73. The highest BCUT2D eigenvalue weighted by Gasteiger charge is 2.12. The summed E-state index contributed by atoms with van der Waals surface area (Å²) in [6, 6.07) is 8.62. The van der Waals surface area contributed by atoms with Gasteiger partial charge in [-0.15, -0.1) is 11.3 Å². The average molecular weight is 245 g/mol. The van der Waals surface area contributed by atoms with Crippen molar-refractivity contribution in [2.45, 2.75) is 13.3 Å². The van der Waals surface area contributed by atoms with Crippen molar-refractivity contribution in [2.75, 3.05) is 20.6 Å². The first-order chi connectivity index (χ1) is 8.09. The first-order valence-corrected chi connectivity index (χ1v) is 6.72. The van der Waals surface area contributed by atoms with Crippen molar-refractivity contribution < 1.29 is 0 Å². The number of fused-ring (bicyclic) bond motifs is 1. The molecule has 1 heterocycles. The molecule has 0 unspecified atom stereocenters. The van der Waals surface area contributed by atoms with Gasteiger partial charge in [-0.2, -0.15) is 0 Å². The van der Waals surface area contributed by atoms with Gasteiger partial charge in [0.1, 0.15) is 0 Å². The topological polar surface area (TPSA) is 3.24 Å². The summed E-state index contributed by atoms with van der Waals surface area (Å²) in [6.45, 7) is 7.32. The molecule has 0 radical (unpaired) electrons. The van der Waals surface area contributed by atoms with Crippen molar-refractivity contribution in [3.05, 3.63) is 41.3 Å². The van der Waals surface area contributed by atoms with E-state index in [1.54, 1.807) is 0 Å². The molecule has 2 aromatic rings. The van der Waals surface area contributed by atoms with Crippen molar-refractivity contribution >= 4 is 27.0 Å². The minimum absolute atomic E-state index is 1.09. The maximum Gasteiger partial charge on any atom is 0.0352 e. The highest BCUT2D eigenvalue weighted by Crippen LogP contribution is 2.35. The number of allylic oxidation sites excluding steroid dienone is 1. The second kappa shape index (κ2) is 5.03. The van der Waals surface area contributed by atoms with E-state index in [1.165, 1.54) is 26.1 Å². The fraction of sp³-hybridized carbons (Fsp3) is 0.333. The van der Waals surface area contributed by atoms with Gasteiger partial charge in [0, 0.05) is 21.5 Å². The lowest BCUT2D eigenvalue weighted by atomic mass is 10.0. The van der Waals surface area contributed by atoms with Gasteiger partial charge in [-0.3, -0.25) is 0 Å². The molecule has 0 fully saturated rings. The van der Waals surface area contributed by atoms with Crippen LogP contribution in [0.25, 0.3) is 15.7 Å². The first-order valence-electron chi connectivity index (χ1n) is 5.90. The van der Waals surface area contributed by atoms with Crippen molar-refractivity contribution in [3.63, 3.8) is 0 Å². The fourth-order valence-electron chi connectivity index (χ4n) is 2.07. The van der Waals surface area contributed by atoms with E-state index in [-0.39, 0.29) is 0 Å². The Morgan fingerprint density at radius 3 is 2.65 bits per heavy atom. The van der Waals surface area contributed by atoms with Gasteiger partial charge in [0.15, 0.2) is 0 Å². The molecule has 0 amide bonds. The molecule has 0 bridgehead atoms. The lowest BCUT2D eigenvalue weighted by molar-refractivity contribution is 0.415. The number of nitrogens with zero attached hydrogens (tertiary/aromatic N) is 1. The second-order valence-corrected chi connectivity index (χ2v) is 5.87. The SMILES string of the molecule is C=C(C)c1c(CCN(C)C)sc2ccccc12. The van der Waals surface area contributed by atoms with Crippen molar-refractivity contribution in [1.82, 2.24) is 4.90 Å². The molecule has 0 saturated heterocycles. The smallest absolute Gasteiger partial charge is 0.0352 e. The van der Waals surface area contributed by atoms with Gasteiger partial charge in [-0.1, -0.05) is 24.8 Å². The normalized spacial score (nSPS) is 11.3. The molecule has 0 aliphatic heterocycles. The highest BCUT2D eigenvalue weighted by molar-refractivity contribution is 7.19. The van der Waals surface area contributed by atoms with E-state index in [2.05, 4.69) is 56.8 Å². The molecule has 1 aromatic carbocycles. The number of rotatable bonds is 4. The van der Waals surface area contributed by atoms with Crippen LogP contribution in [0.5, 0.6) is 0 Å². The fourth-order valence-corrected chi connectivity index (χ4v) is 3.34. The third kappa shape index (κ3) is 2.59. The monoisotopic (exact) mass is 245 g/mol. The zero-order valence-corrected chi connectivity index (χ0v) is 11.6. The van der Waals surface area contributed by atoms with E-state index in [4.69, 9.17) is 0 Å². The lowest BCUT2D eigenvalue weighted by Crippen LogP contribution is -2.14. The van der Waals surface area contributed by atoms with Crippen LogP contribution in [0.3, 0.4) is 0 Å². The predicted molar refractivity (Wildman–Crippen MR) is 78.8 cm³/mol. The predicted octanol–water partition coefficient (Wildman–Crippen LogP) is 4.04. The molecular formula is C15H19NS. The van der Waals surface area contributed by atoms with Crippen LogP contribution in [0.2, 0.25) is 0 Å². The Balaban J connectivity index is 2.46. The molecule has 1 nitrogen and oxygen atoms in total. The van der Waals surface area contributed by atoms with Gasteiger partial charge >= 0.3 is 0 Å². The maximum absolute atomic E-state index is 4.13. The minimum atomic E-state index is 1.09. The summed E-state index contributed by atoms with van der Waals surface area (Å²) in [7, 11) is 4.24. The Kier molecular flexibility index (Phi) is 3.65. The summed E-state index contributed by atoms with van der Waals surface area (Å²) in [6.07, 6.45) is 1.11. The Morgan fingerprint density at radius 1 is 1.29 bits per heavy atom. The van der Waals surface area contributed by atoms with Crippen LogP contribution in [0, 0.1) is 0 Å². The van der Waals surface area contributed by atoms with Crippen LogP contribution in [0.15, 0.2) is 30.8 Å². The van der Waals surface area contributed by atoms with Crippen molar-refractivity contribution in [1.29, 1.82) is 0 Å². The maximum atomic E-state index is 4.13. The Bertz CT molecular complexity index is 537. The molecule has 2 rings (SSSR count). The number of hydrogen-bond donors (Lipinski definition) is 0. The van der Waals surface area contributed by atoms with Crippen LogP contribution in [-0.4, -0.2) is 25.5 Å². The van der Waals surface area contributed by atoms with Crippen LogP contribution < -0.4 is 0 Å². The lowest BCUT2D eigenvalue weighted by Gasteiger charge is -2.09. The molecule has 0 saturated carbocycles. The van der Waals surface area contributed by atoms with E-state index < -0.39 is 0 Å². The molecule has 2 heteroatoms. The summed E-state index contributed by atoms with van der Waals surface area (Å²) >= 11 is 1.91. The quantitative estimate of drug-likeness (QED) is 0.786. The van der Waals surface area contributed by atoms with Gasteiger partial charge < -0.3 is 4.90 Å². The Morgan fingerprint density at radius 2 is 2.00 bits per heavy atom. The van der Waals surface area contributed by atoms with Crippen LogP contribution in [-0.2, 0) is 6.42 Å². The zero-order chi connectivity index (χ0) is 12.4. The largest absolute Gasteiger partial charge is 0.309 e. The minimum Gasteiger partial charge on any atom is -0.309 e. The highest BCUT2D eigenvalue weighted by atomic mass is 32.1. The third-order valence-corrected chi connectivity index (χ3v) is 4.11. The molecule has 0 spiro atoms. The first kappa shape index (κ1) is 12.3. The van der Waals surface area contributed by atoms with E-state index >= 15 is 0 Å². The number of likely N-dealkylation sites (N-methyl/N-ethyl adjacent to an activating group) is 1. The molecule has 0 atom stereocenters. The van der Waals surface area contributed by atoms with Crippen LogP contribution in [0.4, 0.5) is 0 Å². The molecule has 1 aromatic heterocycles. The van der Waals surface area contributed by atoms with Gasteiger partial charge in [-0.25, -0.2) is 0 Å². The number of benzene rings is 1. The number of hydrogen-bond acceptors (Lipinski definition) is 2. The summed E-state index contributed by atoms with van der Waals surface area (Å²) in [5.74, 6) is 0. The van der Waals surface area contributed by atoms with E-state index in [9.17, 15) is 0 Å². The molecule has 17 heavy (non-hydrogen) atoms. The molecular weight excluding hydrogens is 226 g/mol. The van der Waals surface area contributed by atoms with Crippen molar-refractivity contribution in [3.8, 4) is 0 Å². The van der Waals surface area contributed by atoms with E-state index in [0.29, 0.717) is 0 Å². The molecule has 0 aliphatic carbocycles. The molecule has 90 valence electrons. The van der Waals surface area contributed by atoms with Gasteiger partial charge in [-0.05, 0) is 44.6 Å². The summed E-state index contributed by atoms with van der Waals surface area (Å²) in [5.41, 5.74) is 2.55. The average Bonchev–Trinajstić information content (AvgIpc) is 2.64. The Hall–Kier alpha value is -1.12. The summed E-state index contributed by atoms with van der Waals surface area (Å²) < 4.78 is 1.37. The van der Waals surface area contributed by atoms with Crippen molar-refractivity contribution in [2.24, 2.45) is 0 Å². The Labute approximate surface area is 107 Å². The van der Waals surface area contributed by atoms with Gasteiger partial charge in [0.25, 0.3) is 0 Å². The zero-order valence-electron chi connectivity index (χ0n) is 10.8. The molecule has 0 aliphatic rings. The van der Waals surface area contributed by atoms with Crippen LogP contribution >= 0.6 is 11.3 Å². The van der Waals surface area contributed by atoms with Gasteiger partial charge in [0.05, 0.1) is 0 Å². The van der Waals surface area contributed by atoms with Crippen LogP contribution in [0.1, 0.15) is 17.4 Å². The summed E-state index contributed by atoms with van der Waals surface area (Å²) in [4.78, 5) is 3.69. The summed E-state index contributed by atoms with van der Waals surface area (Å²) in [5, 5.41) is 1.36. The van der Waals surface area contributed by atoms with Gasteiger partial charge in [0.2, 0.25) is 0 Å². The molecule has 0 N–H and O–H groups in total. The third-order valence-electron chi connectivity index (χ3n) is 2.88.